The Labute approximate surface area is 98.5 Å². The molecule has 17 heavy (non-hydrogen) atoms. The first-order chi connectivity index (χ1) is 8.25. The van der Waals surface area contributed by atoms with E-state index in [-0.39, 0.29) is 0 Å². The molecule has 0 fully saturated rings. The van der Waals surface area contributed by atoms with Crippen molar-refractivity contribution in [1.29, 1.82) is 0 Å². The van der Waals surface area contributed by atoms with Gasteiger partial charge in [0.2, 0.25) is 0 Å². The number of carbonyl (C=O) groups is 1. The number of imidazole rings is 1. The van der Waals surface area contributed by atoms with Gasteiger partial charge in [0.25, 0.3) is 0 Å². The third-order valence-electron chi connectivity index (χ3n) is 3.15. The molecular formula is C13H12N2O2. The molecule has 0 saturated carbocycles. The zero-order valence-corrected chi connectivity index (χ0v) is 9.26. The first-order valence-electron chi connectivity index (χ1n) is 5.64. The molecule has 1 aromatic heterocycles. The molecular weight excluding hydrogens is 216 g/mol. The predicted octanol–water partition coefficient (Wildman–Crippen LogP) is 2.19. The Kier molecular flexibility index (Phi) is 2.21. The van der Waals surface area contributed by atoms with E-state index in [2.05, 4.69) is 9.55 Å². The second-order valence-corrected chi connectivity index (χ2v) is 4.20. The second-order valence-electron chi connectivity index (χ2n) is 4.20. The zero-order chi connectivity index (χ0) is 11.8. The maximum atomic E-state index is 10.8. The van der Waals surface area contributed by atoms with E-state index in [9.17, 15) is 4.79 Å². The molecule has 4 nitrogen and oxygen atoms in total. The van der Waals surface area contributed by atoms with Crippen LogP contribution in [0.15, 0.2) is 30.5 Å². The van der Waals surface area contributed by atoms with Crippen LogP contribution >= 0.6 is 0 Å². The van der Waals surface area contributed by atoms with E-state index in [4.69, 9.17) is 5.11 Å². The molecule has 1 N–H and O–H groups in total. The lowest BCUT2D eigenvalue weighted by Crippen LogP contribution is -1.97. The molecule has 0 amide bonds. The van der Waals surface area contributed by atoms with Gasteiger partial charge in [-0.1, -0.05) is 12.1 Å². The SMILES string of the molecule is O=C(O)c1ccc(-c2cnc3n2CCC3)cc1. The number of aromatic carboxylic acids is 1. The highest BCUT2D eigenvalue weighted by Crippen LogP contribution is 2.25. The molecule has 0 spiro atoms. The van der Waals surface area contributed by atoms with Crippen LogP contribution in [0.3, 0.4) is 0 Å². The number of hydrogen-bond acceptors (Lipinski definition) is 2. The minimum absolute atomic E-state index is 0.315. The van der Waals surface area contributed by atoms with Crippen molar-refractivity contribution in [2.24, 2.45) is 0 Å². The van der Waals surface area contributed by atoms with Crippen molar-refractivity contribution in [3.05, 3.63) is 41.9 Å². The van der Waals surface area contributed by atoms with Crippen LogP contribution in [-0.2, 0) is 13.0 Å². The summed E-state index contributed by atoms with van der Waals surface area (Å²) in [5.74, 6) is 0.234. The predicted molar refractivity (Wildman–Crippen MR) is 62.9 cm³/mol. The Morgan fingerprint density at radius 1 is 1.29 bits per heavy atom. The van der Waals surface area contributed by atoms with E-state index in [1.54, 1.807) is 12.1 Å². The molecule has 0 aliphatic carbocycles. The lowest BCUT2D eigenvalue weighted by atomic mass is 10.1. The van der Waals surface area contributed by atoms with E-state index >= 15 is 0 Å². The largest absolute Gasteiger partial charge is 0.478 e. The molecule has 1 aliphatic heterocycles. The van der Waals surface area contributed by atoms with Crippen LogP contribution in [0.25, 0.3) is 11.3 Å². The van der Waals surface area contributed by atoms with Gasteiger partial charge in [-0.2, -0.15) is 0 Å². The lowest BCUT2D eigenvalue weighted by Gasteiger charge is -2.05. The molecule has 0 atom stereocenters. The van der Waals surface area contributed by atoms with Gasteiger partial charge in [0, 0.05) is 13.0 Å². The monoisotopic (exact) mass is 228 g/mol. The summed E-state index contributed by atoms with van der Waals surface area (Å²) in [6.07, 6.45) is 4.04. The highest BCUT2D eigenvalue weighted by atomic mass is 16.4. The van der Waals surface area contributed by atoms with Crippen molar-refractivity contribution >= 4 is 5.97 Å². The van der Waals surface area contributed by atoms with Gasteiger partial charge in [-0.15, -0.1) is 0 Å². The van der Waals surface area contributed by atoms with Gasteiger partial charge in [0.1, 0.15) is 5.82 Å². The van der Waals surface area contributed by atoms with Crippen LogP contribution in [0, 0.1) is 0 Å². The number of aryl methyl sites for hydroxylation is 1. The number of nitrogens with zero attached hydrogens (tertiary/aromatic N) is 2. The first-order valence-corrected chi connectivity index (χ1v) is 5.64. The van der Waals surface area contributed by atoms with Crippen molar-refractivity contribution in [2.75, 3.05) is 0 Å². The summed E-state index contributed by atoms with van der Waals surface area (Å²) in [5.41, 5.74) is 2.42. The second kappa shape index (κ2) is 3.73. The molecule has 86 valence electrons. The fraction of sp³-hybridized carbons (Fsp3) is 0.231. The number of carboxylic acids is 1. The van der Waals surface area contributed by atoms with Crippen molar-refractivity contribution in [3.8, 4) is 11.3 Å². The van der Waals surface area contributed by atoms with Gasteiger partial charge >= 0.3 is 5.97 Å². The van der Waals surface area contributed by atoms with Crippen molar-refractivity contribution in [3.63, 3.8) is 0 Å². The van der Waals surface area contributed by atoms with E-state index in [0.717, 1.165) is 36.5 Å². The van der Waals surface area contributed by atoms with Crippen molar-refractivity contribution in [1.82, 2.24) is 9.55 Å². The van der Waals surface area contributed by atoms with Crippen molar-refractivity contribution < 1.29 is 9.90 Å². The molecule has 1 aromatic carbocycles. The normalized spacial score (nSPS) is 13.6. The quantitative estimate of drug-likeness (QED) is 0.857. The molecule has 0 unspecified atom stereocenters. The molecule has 0 radical (unpaired) electrons. The molecule has 0 bridgehead atoms. The lowest BCUT2D eigenvalue weighted by molar-refractivity contribution is 0.0697. The molecule has 2 aromatic rings. The maximum absolute atomic E-state index is 10.8. The summed E-state index contributed by atoms with van der Waals surface area (Å²) < 4.78 is 2.20. The van der Waals surface area contributed by atoms with Gasteiger partial charge in [0.15, 0.2) is 0 Å². The minimum atomic E-state index is -0.893. The Morgan fingerprint density at radius 2 is 2.06 bits per heavy atom. The van der Waals surface area contributed by atoms with Gasteiger partial charge in [-0.25, -0.2) is 9.78 Å². The molecule has 0 saturated heterocycles. The van der Waals surface area contributed by atoms with Crippen LogP contribution in [0.2, 0.25) is 0 Å². The number of carboxylic acid groups (broad SMARTS) is 1. The molecule has 3 rings (SSSR count). The number of hydrogen-bond donors (Lipinski definition) is 1. The average molecular weight is 228 g/mol. The highest BCUT2D eigenvalue weighted by molar-refractivity contribution is 5.88. The average Bonchev–Trinajstić information content (AvgIpc) is 2.90. The van der Waals surface area contributed by atoms with E-state index in [1.165, 1.54) is 0 Å². The van der Waals surface area contributed by atoms with E-state index in [0.29, 0.717) is 5.56 Å². The standard InChI is InChI=1S/C13H12N2O2/c16-13(17)10-5-3-9(4-6-10)11-8-14-12-2-1-7-15(11)12/h3-6,8H,1-2,7H2,(H,16,17). The Morgan fingerprint density at radius 3 is 2.76 bits per heavy atom. The Bertz CT molecular complexity index is 570. The van der Waals surface area contributed by atoms with Crippen LogP contribution in [0.1, 0.15) is 22.6 Å². The Hall–Kier alpha value is -2.10. The van der Waals surface area contributed by atoms with Crippen LogP contribution < -0.4 is 0 Å². The summed E-state index contributed by atoms with van der Waals surface area (Å²) in [6.45, 7) is 1.01. The first kappa shape index (κ1) is 10.1. The number of fused-ring (bicyclic) bond motifs is 1. The van der Waals surface area contributed by atoms with Crippen LogP contribution in [0.4, 0.5) is 0 Å². The summed E-state index contributed by atoms with van der Waals surface area (Å²) in [5, 5.41) is 8.84. The molecule has 4 heteroatoms. The molecule has 1 aliphatic rings. The number of benzene rings is 1. The summed E-state index contributed by atoms with van der Waals surface area (Å²) in [7, 11) is 0. The topological polar surface area (TPSA) is 55.1 Å². The summed E-state index contributed by atoms with van der Waals surface area (Å²) in [6, 6.07) is 6.94. The van der Waals surface area contributed by atoms with E-state index in [1.807, 2.05) is 18.3 Å². The van der Waals surface area contributed by atoms with Crippen LogP contribution in [0.5, 0.6) is 0 Å². The maximum Gasteiger partial charge on any atom is 0.335 e. The van der Waals surface area contributed by atoms with Gasteiger partial charge in [0.05, 0.1) is 17.5 Å². The number of rotatable bonds is 2. The molecule has 2 heterocycles. The fourth-order valence-corrected chi connectivity index (χ4v) is 2.27. The fourth-order valence-electron chi connectivity index (χ4n) is 2.27. The smallest absolute Gasteiger partial charge is 0.335 e. The van der Waals surface area contributed by atoms with E-state index < -0.39 is 5.97 Å². The van der Waals surface area contributed by atoms with Crippen LogP contribution in [-0.4, -0.2) is 20.6 Å². The van der Waals surface area contributed by atoms with Crippen molar-refractivity contribution in [2.45, 2.75) is 19.4 Å². The summed E-state index contributed by atoms with van der Waals surface area (Å²) >= 11 is 0. The third kappa shape index (κ3) is 1.62. The minimum Gasteiger partial charge on any atom is -0.478 e. The highest BCUT2D eigenvalue weighted by Gasteiger charge is 2.16. The summed E-state index contributed by atoms with van der Waals surface area (Å²) in [4.78, 5) is 15.1. The Balaban J connectivity index is 2.01. The third-order valence-corrected chi connectivity index (χ3v) is 3.15. The zero-order valence-electron chi connectivity index (χ0n) is 9.26. The van der Waals surface area contributed by atoms with Gasteiger partial charge in [-0.05, 0) is 24.1 Å². The van der Waals surface area contributed by atoms with Gasteiger partial charge < -0.3 is 9.67 Å². The number of aromatic nitrogens is 2. The van der Waals surface area contributed by atoms with Gasteiger partial charge in [-0.3, -0.25) is 0 Å².